The Morgan fingerprint density at radius 2 is 2.00 bits per heavy atom. The van der Waals surface area contributed by atoms with Gasteiger partial charge in [0, 0.05) is 26.3 Å². The first-order valence-electron chi connectivity index (χ1n) is 7.81. The van der Waals surface area contributed by atoms with Crippen LogP contribution >= 0.6 is 11.6 Å². The van der Waals surface area contributed by atoms with Crippen molar-refractivity contribution in [2.75, 3.05) is 20.7 Å². The van der Waals surface area contributed by atoms with Crippen LogP contribution in [0.3, 0.4) is 0 Å². The molecule has 24 heavy (non-hydrogen) atoms. The number of aryl methyl sites for hydroxylation is 1. The van der Waals surface area contributed by atoms with Crippen LogP contribution in [0.2, 0.25) is 5.15 Å². The van der Waals surface area contributed by atoms with E-state index in [4.69, 9.17) is 16.3 Å². The molecule has 0 aliphatic carbocycles. The average Bonchev–Trinajstić information content (AvgIpc) is 2.60. The van der Waals surface area contributed by atoms with Crippen molar-refractivity contribution in [2.45, 2.75) is 19.9 Å². The molecular formula is C18H23ClN4O. The predicted octanol–water partition coefficient (Wildman–Crippen LogP) is 2.96. The number of nitrogens with one attached hydrogen (secondary N) is 2. The Balaban J connectivity index is 1.81. The molecule has 0 amide bonds. The van der Waals surface area contributed by atoms with Gasteiger partial charge in [-0.3, -0.25) is 4.99 Å². The molecule has 0 saturated carbocycles. The van der Waals surface area contributed by atoms with Crippen LogP contribution in [0.25, 0.3) is 0 Å². The monoisotopic (exact) mass is 346 g/mol. The number of guanidine groups is 1. The van der Waals surface area contributed by atoms with E-state index in [-0.39, 0.29) is 0 Å². The summed E-state index contributed by atoms with van der Waals surface area (Å²) >= 11 is 5.78. The maximum Gasteiger partial charge on any atom is 0.191 e. The molecule has 0 fully saturated rings. The lowest BCUT2D eigenvalue weighted by molar-refractivity contribution is 0.411. The van der Waals surface area contributed by atoms with Crippen LogP contribution in [0.1, 0.15) is 16.7 Å². The number of aromatic nitrogens is 1. The molecule has 2 rings (SSSR count). The van der Waals surface area contributed by atoms with Gasteiger partial charge in [-0.25, -0.2) is 4.98 Å². The molecule has 0 bridgehead atoms. The molecule has 1 aromatic heterocycles. The number of rotatable bonds is 6. The van der Waals surface area contributed by atoms with E-state index in [2.05, 4.69) is 32.7 Å². The second-order valence-electron chi connectivity index (χ2n) is 5.40. The zero-order valence-electron chi connectivity index (χ0n) is 14.3. The maximum atomic E-state index is 5.78. The van der Waals surface area contributed by atoms with Crippen LogP contribution in [0, 0.1) is 6.92 Å². The van der Waals surface area contributed by atoms with Gasteiger partial charge in [0.25, 0.3) is 0 Å². The van der Waals surface area contributed by atoms with E-state index in [0.717, 1.165) is 41.4 Å². The van der Waals surface area contributed by atoms with Crippen molar-refractivity contribution in [1.82, 2.24) is 15.6 Å². The smallest absolute Gasteiger partial charge is 0.191 e. The molecular weight excluding hydrogens is 324 g/mol. The van der Waals surface area contributed by atoms with Crippen molar-refractivity contribution in [2.24, 2.45) is 4.99 Å². The molecule has 0 radical (unpaired) electrons. The van der Waals surface area contributed by atoms with E-state index in [1.54, 1.807) is 26.4 Å². The molecule has 0 saturated heterocycles. The molecule has 0 aliphatic rings. The zero-order valence-corrected chi connectivity index (χ0v) is 15.0. The van der Waals surface area contributed by atoms with Crippen molar-refractivity contribution >= 4 is 17.6 Å². The summed E-state index contributed by atoms with van der Waals surface area (Å²) in [4.78, 5) is 8.31. The number of nitrogens with zero attached hydrogens (tertiary/aromatic N) is 2. The van der Waals surface area contributed by atoms with Gasteiger partial charge in [-0.1, -0.05) is 29.8 Å². The van der Waals surface area contributed by atoms with Crippen LogP contribution in [0.5, 0.6) is 5.75 Å². The molecule has 5 nitrogen and oxygen atoms in total. The van der Waals surface area contributed by atoms with Crippen molar-refractivity contribution in [3.05, 3.63) is 58.4 Å². The first kappa shape index (κ1) is 18.1. The highest BCUT2D eigenvalue weighted by molar-refractivity contribution is 6.29. The first-order chi connectivity index (χ1) is 11.6. The summed E-state index contributed by atoms with van der Waals surface area (Å²) in [6.45, 7) is 3.47. The third-order valence-corrected chi connectivity index (χ3v) is 3.87. The SMILES string of the molecule is CN=C(NCCc1ccc(Cl)nc1)NCc1ccc(C)c(OC)c1. The number of benzene rings is 1. The Bertz CT molecular complexity index is 686. The topological polar surface area (TPSA) is 58.5 Å². The van der Waals surface area contributed by atoms with Gasteiger partial charge in [0.15, 0.2) is 5.96 Å². The highest BCUT2D eigenvalue weighted by Crippen LogP contribution is 2.18. The van der Waals surface area contributed by atoms with E-state index in [9.17, 15) is 0 Å². The molecule has 1 aromatic carbocycles. The largest absolute Gasteiger partial charge is 0.496 e. The van der Waals surface area contributed by atoms with E-state index in [1.165, 1.54) is 0 Å². The highest BCUT2D eigenvalue weighted by atomic mass is 35.5. The van der Waals surface area contributed by atoms with E-state index in [1.807, 2.05) is 19.1 Å². The molecule has 0 aliphatic heterocycles. The lowest BCUT2D eigenvalue weighted by atomic mass is 10.1. The van der Waals surface area contributed by atoms with E-state index >= 15 is 0 Å². The van der Waals surface area contributed by atoms with Gasteiger partial charge in [-0.2, -0.15) is 0 Å². The third kappa shape index (κ3) is 5.42. The number of methoxy groups -OCH3 is 1. The second kappa shape index (κ2) is 9.13. The first-order valence-corrected chi connectivity index (χ1v) is 8.18. The molecule has 0 spiro atoms. The van der Waals surface area contributed by atoms with Crippen molar-refractivity contribution < 1.29 is 4.74 Å². The molecule has 0 atom stereocenters. The molecule has 2 N–H and O–H groups in total. The summed E-state index contributed by atoms with van der Waals surface area (Å²) < 4.78 is 5.35. The van der Waals surface area contributed by atoms with Crippen LogP contribution in [-0.2, 0) is 13.0 Å². The Labute approximate surface area is 148 Å². The Morgan fingerprint density at radius 1 is 1.21 bits per heavy atom. The van der Waals surface area contributed by atoms with E-state index in [0.29, 0.717) is 11.7 Å². The third-order valence-electron chi connectivity index (χ3n) is 3.65. The summed E-state index contributed by atoms with van der Waals surface area (Å²) in [5.41, 5.74) is 3.40. The van der Waals surface area contributed by atoms with Crippen LogP contribution in [-0.4, -0.2) is 31.6 Å². The summed E-state index contributed by atoms with van der Waals surface area (Å²) in [6.07, 6.45) is 2.64. The minimum atomic E-state index is 0.512. The standard InChI is InChI=1S/C18H23ClN4O/c1-13-4-5-15(10-16(13)24-3)12-23-18(20-2)21-9-8-14-6-7-17(19)22-11-14/h4-7,10-11H,8-9,12H2,1-3H3,(H2,20,21,23). The van der Waals surface area contributed by atoms with Crippen LogP contribution in [0.4, 0.5) is 0 Å². The fourth-order valence-electron chi connectivity index (χ4n) is 2.26. The number of hydrogen-bond donors (Lipinski definition) is 2. The molecule has 0 unspecified atom stereocenters. The number of halogens is 1. The van der Waals surface area contributed by atoms with Crippen molar-refractivity contribution in [3.63, 3.8) is 0 Å². The average molecular weight is 347 g/mol. The number of ether oxygens (including phenoxy) is 1. The van der Waals surface area contributed by atoms with Gasteiger partial charge >= 0.3 is 0 Å². The minimum absolute atomic E-state index is 0.512. The fourth-order valence-corrected chi connectivity index (χ4v) is 2.37. The number of hydrogen-bond acceptors (Lipinski definition) is 3. The summed E-state index contributed by atoms with van der Waals surface area (Å²) in [7, 11) is 3.44. The predicted molar refractivity (Wildman–Crippen MR) is 98.9 cm³/mol. The zero-order chi connectivity index (χ0) is 17.4. The van der Waals surface area contributed by atoms with Gasteiger partial charge in [-0.05, 0) is 42.2 Å². The summed E-state index contributed by atoms with van der Waals surface area (Å²) in [5.74, 6) is 1.66. The van der Waals surface area contributed by atoms with Crippen molar-refractivity contribution in [1.29, 1.82) is 0 Å². The van der Waals surface area contributed by atoms with Crippen LogP contribution < -0.4 is 15.4 Å². The molecule has 1 heterocycles. The normalized spacial score (nSPS) is 11.2. The Hall–Kier alpha value is -2.27. The van der Waals surface area contributed by atoms with Gasteiger partial charge in [0.1, 0.15) is 10.9 Å². The van der Waals surface area contributed by atoms with Crippen LogP contribution in [0.15, 0.2) is 41.5 Å². The van der Waals surface area contributed by atoms with Gasteiger partial charge in [-0.15, -0.1) is 0 Å². The summed E-state index contributed by atoms with van der Waals surface area (Å²) in [6, 6.07) is 9.95. The molecule has 6 heteroatoms. The van der Waals surface area contributed by atoms with Crippen molar-refractivity contribution in [3.8, 4) is 5.75 Å². The van der Waals surface area contributed by atoms with Gasteiger partial charge in [0.05, 0.1) is 7.11 Å². The quantitative estimate of drug-likeness (QED) is 0.479. The minimum Gasteiger partial charge on any atom is -0.496 e. The number of aliphatic imine (C=N–C) groups is 1. The maximum absolute atomic E-state index is 5.78. The lowest BCUT2D eigenvalue weighted by Gasteiger charge is -2.13. The second-order valence-corrected chi connectivity index (χ2v) is 5.78. The fraction of sp³-hybridized carbons (Fsp3) is 0.333. The van der Waals surface area contributed by atoms with Gasteiger partial charge in [0.2, 0.25) is 0 Å². The number of pyridine rings is 1. The molecule has 128 valence electrons. The summed E-state index contributed by atoms with van der Waals surface area (Å²) in [5, 5.41) is 7.10. The van der Waals surface area contributed by atoms with E-state index < -0.39 is 0 Å². The highest BCUT2D eigenvalue weighted by Gasteiger charge is 2.02. The lowest BCUT2D eigenvalue weighted by Crippen LogP contribution is -2.37. The Morgan fingerprint density at radius 3 is 2.67 bits per heavy atom. The van der Waals surface area contributed by atoms with Gasteiger partial charge < -0.3 is 15.4 Å². The molecule has 2 aromatic rings. The Kier molecular flexibility index (Phi) is 6.88.